The predicted molar refractivity (Wildman–Crippen MR) is 129 cm³/mol. The average Bonchev–Trinajstić information content (AvgIpc) is 3.23. The van der Waals surface area contributed by atoms with E-state index < -0.39 is 0 Å². The Bertz CT molecular complexity index is 1330. The fourth-order valence-corrected chi connectivity index (χ4v) is 4.39. The topological polar surface area (TPSA) is 89.0 Å². The van der Waals surface area contributed by atoms with Crippen LogP contribution in [0.2, 0.25) is 0 Å². The largest absolute Gasteiger partial charge is 0.495 e. The number of methoxy groups -OCH3 is 1. The van der Waals surface area contributed by atoms with Gasteiger partial charge in [-0.25, -0.2) is 4.98 Å². The molecule has 0 spiro atoms. The van der Waals surface area contributed by atoms with Crippen molar-refractivity contribution in [1.82, 2.24) is 14.5 Å². The zero-order valence-corrected chi connectivity index (χ0v) is 19.0. The van der Waals surface area contributed by atoms with E-state index in [-0.39, 0.29) is 17.2 Å². The Morgan fingerprint density at radius 2 is 2.00 bits per heavy atom. The number of amides is 1. The van der Waals surface area contributed by atoms with E-state index in [0.717, 1.165) is 16.7 Å². The van der Waals surface area contributed by atoms with Crippen molar-refractivity contribution in [2.24, 2.45) is 0 Å². The molecule has 4 rings (SSSR count). The van der Waals surface area contributed by atoms with E-state index in [1.165, 1.54) is 11.8 Å². The van der Waals surface area contributed by atoms with Crippen LogP contribution in [0.25, 0.3) is 22.2 Å². The summed E-state index contributed by atoms with van der Waals surface area (Å²) in [6.07, 6.45) is 1.81. The van der Waals surface area contributed by atoms with E-state index in [4.69, 9.17) is 9.72 Å². The number of fused-ring (bicyclic) bond motifs is 1. The number of hydrogen-bond donors (Lipinski definition) is 2. The smallest absolute Gasteiger partial charge is 0.278 e. The number of aryl methyl sites for hydroxylation is 1. The molecular weight excluding hydrogens is 424 g/mol. The number of thioether (sulfide) groups is 1. The molecular formula is C24H24N4O3S. The highest BCUT2D eigenvalue weighted by atomic mass is 32.2. The number of benzene rings is 2. The summed E-state index contributed by atoms with van der Waals surface area (Å²) in [7, 11) is 1.56. The lowest BCUT2D eigenvalue weighted by Gasteiger charge is -2.12. The summed E-state index contributed by atoms with van der Waals surface area (Å²) < 4.78 is 6.91. The summed E-state index contributed by atoms with van der Waals surface area (Å²) in [5, 5.41) is 3.40. The van der Waals surface area contributed by atoms with Crippen molar-refractivity contribution in [3.63, 3.8) is 0 Å². The van der Waals surface area contributed by atoms with Gasteiger partial charge in [-0.15, -0.1) is 0 Å². The monoisotopic (exact) mass is 448 g/mol. The summed E-state index contributed by atoms with van der Waals surface area (Å²) in [4.78, 5) is 33.5. The van der Waals surface area contributed by atoms with Crippen LogP contribution < -0.4 is 15.6 Å². The molecule has 0 radical (unpaired) electrons. The first-order valence-corrected chi connectivity index (χ1v) is 11.2. The zero-order valence-electron chi connectivity index (χ0n) is 18.1. The first-order valence-electron chi connectivity index (χ1n) is 10.3. The molecule has 2 N–H and O–H groups in total. The van der Waals surface area contributed by atoms with E-state index in [9.17, 15) is 9.59 Å². The van der Waals surface area contributed by atoms with Gasteiger partial charge in [0.1, 0.15) is 16.8 Å². The van der Waals surface area contributed by atoms with Crippen molar-refractivity contribution in [3.8, 4) is 16.9 Å². The number of hydrogen-bond acceptors (Lipinski definition) is 5. The van der Waals surface area contributed by atoms with Crippen LogP contribution in [0.3, 0.4) is 0 Å². The van der Waals surface area contributed by atoms with E-state index in [0.29, 0.717) is 34.2 Å². The van der Waals surface area contributed by atoms with Gasteiger partial charge in [0.15, 0.2) is 5.16 Å². The number of nitrogens with one attached hydrogen (secondary N) is 2. The van der Waals surface area contributed by atoms with Crippen LogP contribution >= 0.6 is 11.8 Å². The van der Waals surface area contributed by atoms with Gasteiger partial charge in [0.25, 0.3) is 5.56 Å². The Morgan fingerprint density at radius 1 is 1.22 bits per heavy atom. The molecule has 1 amide bonds. The number of nitrogens with zero attached hydrogens (tertiary/aromatic N) is 2. The fraction of sp³-hybridized carbons (Fsp3) is 0.208. The number of aromatic amines is 1. The van der Waals surface area contributed by atoms with Crippen molar-refractivity contribution in [2.75, 3.05) is 18.2 Å². The molecule has 0 saturated heterocycles. The van der Waals surface area contributed by atoms with Gasteiger partial charge in [-0.3, -0.25) is 14.2 Å². The Labute approximate surface area is 189 Å². The zero-order chi connectivity index (χ0) is 22.7. The lowest BCUT2D eigenvalue weighted by atomic mass is 10.1. The van der Waals surface area contributed by atoms with Gasteiger partial charge in [0.2, 0.25) is 5.91 Å². The maximum atomic E-state index is 13.0. The number of H-pyrrole nitrogens is 1. The Morgan fingerprint density at radius 3 is 2.72 bits per heavy atom. The molecule has 0 aliphatic rings. The number of carbonyl (C=O) groups is 1. The third kappa shape index (κ3) is 4.27. The van der Waals surface area contributed by atoms with E-state index in [1.807, 2.05) is 62.4 Å². The lowest BCUT2D eigenvalue weighted by Crippen LogP contribution is -2.23. The first kappa shape index (κ1) is 21.7. The van der Waals surface area contributed by atoms with Crippen molar-refractivity contribution in [1.29, 1.82) is 0 Å². The molecule has 2 aromatic carbocycles. The molecule has 2 aromatic heterocycles. The highest BCUT2D eigenvalue weighted by molar-refractivity contribution is 7.99. The Balaban J connectivity index is 1.62. The van der Waals surface area contributed by atoms with Crippen molar-refractivity contribution >= 4 is 34.4 Å². The highest BCUT2D eigenvalue weighted by Crippen LogP contribution is 2.28. The van der Waals surface area contributed by atoms with Gasteiger partial charge in [0.05, 0.1) is 18.6 Å². The minimum atomic E-state index is -0.201. The minimum Gasteiger partial charge on any atom is -0.495 e. The van der Waals surface area contributed by atoms with Gasteiger partial charge in [-0.1, -0.05) is 48.2 Å². The first-order chi connectivity index (χ1) is 15.5. The van der Waals surface area contributed by atoms with Crippen LogP contribution in [0.4, 0.5) is 5.69 Å². The number of aromatic nitrogens is 3. The number of carbonyl (C=O) groups excluding carboxylic acids is 1. The summed E-state index contributed by atoms with van der Waals surface area (Å²) in [6.45, 7) is 4.29. The molecule has 32 heavy (non-hydrogen) atoms. The van der Waals surface area contributed by atoms with Crippen molar-refractivity contribution < 1.29 is 9.53 Å². The van der Waals surface area contributed by atoms with E-state index in [2.05, 4.69) is 10.3 Å². The molecule has 0 aliphatic carbocycles. The maximum absolute atomic E-state index is 13.0. The van der Waals surface area contributed by atoms with E-state index >= 15 is 0 Å². The van der Waals surface area contributed by atoms with Crippen LogP contribution in [0.5, 0.6) is 5.75 Å². The molecule has 0 unspecified atom stereocenters. The quantitative estimate of drug-likeness (QED) is 0.322. The molecule has 7 nitrogen and oxygen atoms in total. The van der Waals surface area contributed by atoms with Crippen LogP contribution in [0.1, 0.15) is 12.5 Å². The Hall–Kier alpha value is -3.52. The van der Waals surface area contributed by atoms with Crippen LogP contribution in [-0.2, 0) is 11.3 Å². The van der Waals surface area contributed by atoms with Gasteiger partial charge >= 0.3 is 0 Å². The molecule has 0 aliphatic heterocycles. The molecule has 164 valence electrons. The third-order valence-corrected chi connectivity index (χ3v) is 6.09. The van der Waals surface area contributed by atoms with Gasteiger partial charge in [-0.2, -0.15) is 0 Å². The number of rotatable bonds is 7. The van der Waals surface area contributed by atoms with Crippen molar-refractivity contribution in [2.45, 2.75) is 25.5 Å². The summed E-state index contributed by atoms with van der Waals surface area (Å²) >= 11 is 1.24. The second-order valence-corrected chi connectivity index (χ2v) is 8.22. The molecule has 2 heterocycles. The molecule has 8 heteroatoms. The standard InChI is InChI=1S/C24H24N4O3S/c1-4-28-23(30)22-21(17(13-25-22)16-8-6-5-7-9-16)27-24(28)32-14-20(29)26-18-12-15(2)10-11-19(18)31-3/h5-13,25H,4,14H2,1-3H3,(H,26,29). The second-order valence-electron chi connectivity index (χ2n) is 7.28. The van der Waals surface area contributed by atoms with Gasteiger partial charge < -0.3 is 15.0 Å². The summed E-state index contributed by atoms with van der Waals surface area (Å²) in [5.74, 6) is 0.507. The third-order valence-electron chi connectivity index (χ3n) is 5.11. The SMILES string of the molecule is CCn1c(SCC(=O)Nc2cc(C)ccc2OC)nc2c(-c3ccccc3)c[nH]c2c1=O. The fourth-order valence-electron chi connectivity index (χ4n) is 3.54. The molecule has 0 bridgehead atoms. The Kier molecular flexibility index (Phi) is 6.32. The molecule has 0 fully saturated rings. The molecule has 4 aromatic rings. The lowest BCUT2D eigenvalue weighted by molar-refractivity contribution is -0.113. The maximum Gasteiger partial charge on any atom is 0.278 e. The molecule has 0 atom stereocenters. The van der Waals surface area contributed by atoms with Crippen LogP contribution in [0.15, 0.2) is 64.7 Å². The van der Waals surface area contributed by atoms with Gasteiger partial charge in [0, 0.05) is 18.3 Å². The number of anilines is 1. The normalized spacial score (nSPS) is 11.0. The number of ether oxygens (including phenoxy) is 1. The molecule has 0 saturated carbocycles. The van der Waals surface area contributed by atoms with E-state index in [1.54, 1.807) is 17.9 Å². The average molecular weight is 449 g/mol. The van der Waals surface area contributed by atoms with Crippen molar-refractivity contribution in [3.05, 3.63) is 70.6 Å². The summed E-state index contributed by atoms with van der Waals surface area (Å²) in [6, 6.07) is 15.4. The predicted octanol–water partition coefficient (Wildman–Crippen LogP) is 4.46. The van der Waals surface area contributed by atoms with Gasteiger partial charge in [-0.05, 0) is 37.1 Å². The minimum absolute atomic E-state index is 0.111. The highest BCUT2D eigenvalue weighted by Gasteiger charge is 2.17. The van der Waals surface area contributed by atoms with Crippen LogP contribution in [0, 0.1) is 6.92 Å². The summed E-state index contributed by atoms with van der Waals surface area (Å²) in [5.41, 5.74) is 4.38. The van der Waals surface area contributed by atoms with Crippen LogP contribution in [-0.4, -0.2) is 33.3 Å². The second kappa shape index (κ2) is 9.32.